The van der Waals surface area contributed by atoms with E-state index in [-0.39, 0.29) is 11.4 Å². The van der Waals surface area contributed by atoms with Crippen LogP contribution in [0.2, 0.25) is 0 Å². The highest BCUT2D eigenvalue weighted by Gasteiger charge is 2.41. The normalized spacial score (nSPS) is 21.2. The largest absolute Gasteiger partial charge is 0.347 e. The number of nitrogens with one attached hydrogen (secondary N) is 1. The third-order valence-electron chi connectivity index (χ3n) is 4.67. The fourth-order valence-corrected chi connectivity index (χ4v) is 3.25. The molecule has 3 heterocycles. The maximum absolute atomic E-state index is 12.3. The first-order chi connectivity index (χ1) is 11.4. The topological polar surface area (TPSA) is 78.0 Å². The first-order valence-corrected chi connectivity index (χ1v) is 8.20. The van der Waals surface area contributed by atoms with Crippen molar-refractivity contribution < 1.29 is 4.79 Å². The molecular weight excluding hydrogens is 304 g/mol. The van der Waals surface area contributed by atoms with Crippen molar-refractivity contribution in [3.8, 4) is 0 Å². The van der Waals surface area contributed by atoms with Crippen LogP contribution in [-0.2, 0) is 12.1 Å². The van der Waals surface area contributed by atoms with E-state index in [4.69, 9.17) is 0 Å². The molecule has 0 saturated carbocycles. The number of aryl methyl sites for hydroxylation is 1. The Kier molecular flexibility index (Phi) is 4.36. The summed E-state index contributed by atoms with van der Waals surface area (Å²) in [7, 11) is 3.47. The van der Waals surface area contributed by atoms with Crippen LogP contribution in [0.1, 0.15) is 47.5 Å². The van der Waals surface area contributed by atoms with Gasteiger partial charge in [-0.1, -0.05) is 0 Å². The molecule has 2 aromatic rings. The predicted molar refractivity (Wildman–Crippen MR) is 90.4 cm³/mol. The molecule has 0 unspecified atom stereocenters. The van der Waals surface area contributed by atoms with Crippen molar-refractivity contribution in [1.82, 2.24) is 29.7 Å². The number of imidazole rings is 1. The SMILES string of the molecule is Cc1cc(C(=O)N(C)C)nc([C@@]2(C)CCCN2Cc2cnc[nH]2)n1. The van der Waals surface area contributed by atoms with E-state index in [1.54, 1.807) is 31.4 Å². The van der Waals surface area contributed by atoms with E-state index in [0.29, 0.717) is 5.69 Å². The zero-order valence-electron chi connectivity index (χ0n) is 14.7. The van der Waals surface area contributed by atoms with Crippen molar-refractivity contribution in [2.45, 2.75) is 38.8 Å². The Hall–Kier alpha value is -2.28. The van der Waals surface area contributed by atoms with E-state index in [1.165, 1.54) is 0 Å². The molecule has 2 aromatic heterocycles. The monoisotopic (exact) mass is 328 g/mol. The minimum absolute atomic E-state index is 0.0940. The molecule has 1 saturated heterocycles. The quantitative estimate of drug-likeness (QED) is 0.924. The van der Waals surface area contributed by atoms with Gasteiger partial charge in [0.25, 0.3) is 5.91 Å². The second-order valence-corrected chi connectivity index (χ2v) is 6.79. The van der Waals surface area contributed by atoms with E-state index in [0.717, 1.165) is 43.1 Å². The lowest BCUT2D eigenvalue weighted by Gasteiger charge is -2.34. The molecule has 128 valence electrons. The average Bonchev–Trinajstić information content (AvgIpc) is 3.17. The number of hydrogen-bond acceptors (Lipinski definition) is 5. The maximum Gasteiger partial charge on any atom is 0.272 e. The number of aromatic nitrogens is 4. The van der Waals surface area contributed by atoms with Gasteiger partial charge < -0.3 is 9.88 Å². The predicted octanol–water partition coefficient (Wildman–Crippen LogP) is 1.72. The van der Waals surface area contributed by atoms with Gasteiger partial charge in [-0.2, -0.15) is 0 Å². The summed E-state index contributed by atoms with van der Waals surface area (Å²) in [6.45, 7) is 5.82. The van der Waals surface area contributed by atoms with Crippen LogP contribution in [0.15, 0.2) is 18.6 Å². The number of H-pyrrole nitrogens is 1. The molecule has 24 heavy (non-hydrogen) atoms. The number of likely N-dealkylation sites (tertiary alicyclic amines) is 1. The van der Waals surface area contributed by atoms with Crippen LogP contribution >= 0.6 is 0 Å². The summed E-state index contributed by atoms with van der Waals surface area (Å²) in [5.74, 6) is 0.633. The van der Waals surface area contributed by atoms with Gasteiger partial charge in [-0.15, -0.1) is 0 Å². The lowest BCUT2D eigenvalue weighted by molar-refractivity contribution is 0.0818. The van der Waals surface area contributed by atoms with E-state index in [9.17, 15) is 4.79 Å². The lowest BCUT2D eigenvalue weighted by Crippen LogP contribution is -2.40. The van der Waals surface area contributed by atoms with Crippen LogP contribution in [0, 0.1) is 6.92 Å². The minimum Gasteiger partial charge on any atom is -0.347 e. The summed E-state index contributed by atoms with van der Waals surface area (Å²) < 4.78 is 0. The first-order valence-electron chi connectivity index (χ1n) is 8.20. The highest BCUT2D eigenvalue weighted by Crippen LogP contribution is 2.37. The third kappa shape index (κ3) is 3.03. The Bertz CT molecular complexity index is 727. The molecule has 3 rings (SSSR count). The second kappa shape index (κ2) is 6.32. The molecule has 1 amide bonds. The van der Waals surface area contributed by atoms with Crippen molar-refractivity contribution in [2.24, 2.45) is 0 Å². The van der Waals surface area contributed by atoms with E-state index >= 15 is 0 Å². The number of carbonyl (C=O) groups is 1. The van der Waals surface area contributed by atoms with Crippen molar-refractivity contribution >= 4 is 5.91 Å². The van der Waals surface area contributed by atoms with Crippen LogP contribution in [0.5, 0.6) is 0 Å². The molecule has 0 spiro atoms. The van der Waals surface area contributed by atoms with E-state index in [1.807, 2.05) is 13.1 Å². The number of nitrogens with zero attached hydrogens (tertiary/aromatic N) is 5. The number of carbonyl (C=O) groups excluding carboxylic acids is 1. The number of rotatable bonds is 4. The summed E-state index contributed by atoms with van der Waals surface area (Å²) in [4.78, 5) is 32.7. The van der Waals surface area contributed by atoms with Crippen molar-refractivity contribution in [3.63, 3.8) is 0 Å². The smallest absolute Gasteiger partial charge is 0.272 e. The highest BCUT2D eigenvalue weighted by molar-refractivity contribution is 5.92. The van der Waals surface area contributed by atoms with Crippen LogP contribution < -0.4 is 0 Å². The van der Waals surface area contributed by atoms with Crippen molar-refractivity contribution in [2.75, 3.05) is 20.6 Å². The zero-order chi connectivity index (χ0) is 17.3. The molecule has 7 nitrogen and oxygen atoms in total. The molecular formula is C17H24N6O. The lowest BCUT2D eigenvalue weighted by atomic mass is 9.97. The maximum atomic E-state index is 12.3. The van der Waals surface area contributed by atoms with Gasteiger partial charge in [0.1, 0.15) is 11.5 Å². The molecule has 1 aliphatic rings. The Morgan fingerprint density at radius 3 is 2.88 bits per heavy atom. The van der Waals surface area contributed by atoms with Gasteiger partial charge in [-0.25, -0.2) is 15.0 Å². The van der Waals surface area contributed by atoms with Crippen molar-refractivity contribution in [1.29, 1.82) is 0 Å². The van der Waals surface area contributed by atoms with Gasteiger partial charge in [0.15, 0.2) is 0 Å². The van der Waals surface area contributed by atoms with Gasteiger partial charge in [0, 0.05) is 38.2 Å². The molecule has 0 aliphatic carbocycles. The van der Waals surface area contributed by atoms with E-state index in [2.05, 4.69) is 31.8 Å². The van der Waals surface area contributed by atoms with Crippen LogP contribution in [0.25, 0.3) is 0 Å². The van der Waals surface area contributed by atoms with Gasteiger partial charge in [-0.3, -0.25) is 9.69 Å². The number of amides is 1. The molecule has 1 atom stereocenters. The van der Waals surface area contributed by atoms with Gasteiger partial charge in [0.05, 0.1) is 11.9 Å². The standard InChI is InChI=1S/C17H24N6O/c1-12-8-14(15(24)22(3)4)21-16(20-12)17(2)6-5-7-23(17)10-13-9-18-11-19-13/h8-9,11H,5-7,10H2,1-4H3,(H,18,19)/t17-/m1/s1. The number of hydrogen-bond donors (Lipinski definition) is 1. The van der Waals surface area contributed by atoms with Gasteiger partial charge in [-0.05, 0) is 39.3 Å². The third-order valence-corrected chi connectivity index (χ3v) is 4.67. The molecule has 0 radical (unpaired) electrons. The summed E-state index contributed by atoms with van der Waals surface area (Å²) in [6.07, 6.45) is 5.59. The van der Waals surface area contributed by atoms with E-state index < -0.39 is 0 Å². The highest BCUT2D eigenvalue weighted by atomic mass is 16.2. The molecule has 0 aromatic carbocycles. The summed E-state index contributed by atoms with van der Waals surface area (Å²) in [5, 5.41) is 0. The molecule has 1 N–H and O–H groups in total. The summed E-state index contributed by atoms with van der Waals surface area (Å²) >= 11 is 0. The summed E-state index contributed by atoms with van der Waals surface area (Å²) in [6, 6.07) is 1.75. The number of aromatic amines is 1. The molecule has 7 heteroatoms. The average molecular weight is 328 g/mol. The van der Waals surface area contributed by atoms with Crippen LogP contribution in [0.4, 0.5) is 0 Å². The second-order valence-electron chi connectivity index (χ2n) is 6.79. The Balaban J connectivity index is 1.95. The van der Waals surface area contributed by atoms with Crippen LogP contribution in [-0.4, -0.2) is 56.3 Å². The van der Waals surface area contributed by atoms with Gasteiger partial charge in [0.2, 0.25) is 0 Å². The van der Waals surface area contributed by atoms with Gasteiger partial charge >= 0.3 is 0 Å². The Labute approximate surface area is 142 Å². The zero-order valence-corrected chi connectivity index (χ0v) is 14.7. The fraction of sp³-hybridized carbons (Fsp3) is 0.529. The molecule has 1 fully saturated rings. The summed E-state index contributed by atoms with van der Waals surface area (Å²) in [5.41, 5.74) is 2.07. The van der Waals surface area contributed by atoms with Crippen LogP contribution in [0.3, 0.4) is 0 Å². The minimum atomic E-state index is -0.279. The van der Waals surface area contributed by atoms with Crippen molar-refractivity contribution in [3.05, 3.63) is 41.5 Å². The Morgan fingerprint density at radius 1 is 1.42 bits per heavy atom. The molecule has 0 bridgehead atoms. The first kappa shape index (κ1) is 16.6. The molecule has 1 aliphatic heterocycles. The Morgan fingerprint density at radius 2 is 2.21 bits per heavy atom. The fourth-order valence-electron chi connectivity index (χ4n) is 3.25.